The lowest BCUT2D eigenvalue weighted by molar-refractivity contribution is 0.000264. The van der Waals surface area contributed by atoms with Crippen molar-refractivity contribution in [2.24, 2.45) is 5.73 Å². The van der Waals surface area contributed by atoms with Crippen molar-refractivity contribution < 1.29 is 4.74 Å². The smallest absolute Gasteiger partial charge is 0.0569 e. The summed E-state index contributed by atoms with van der Waals surface area (Å²) in [4.78, 5) is 0. The van der Waals surface area contributed by atoms with E-state index in [1.165, 1.54) is 0 Å². The van der Waals surface area contributed by atoms with Gasteiger partial charge in [-0.1, -0.05) is 22.0 Å². The zero-order valence-electron chi connectivity index (χ0n) is 10.1. The van der Waals surface area contributed by atoms with Gasteiger partial charge in [-0.2, -0.15) is 0 Å². The Morgan fingerprint density at radius 2 is 2.41 bits per heavy atom. The van der Waals surface area contributed by atoms with Gasteiger partial charge in [-0.25, -0.2) is 0 Å². The van der Waals surface area contributed by atoms with Gasteiger partial charge >= 0.3 is 0 Å². The highest BCUT2D eigenvalue weighted by molar-refractivity contribution is 9.10. The van der Waals surface area contributed by atoms with Crippen LogP contribution in [0, 0.1) is 0 Å². The number of benzene rings is 1. The maximum Gasteiger partial charge on any atom is 0.0569 e. The molecule has 0 spiro atoms. The molecule has 94 valence electrons. The van der Waals surface area contributed by atoms with Crippen molar-refractivity contribution in [3.8, 4) is 0 Å². The molecule has 0 amide bonds. The van der Waals surface area contributed by atoms with Crippen LogP contribution in [0.15, 0.2) is 28.7 Å². The Labute approximate surface area is 111 Å². The van der Waals surface area contributed by atoms with Crippen molar-refractivity contribution in [2.45, 2.75) is 31.4 Å². The molecule has 1 fully saturated rings. The molecular formula is C13H19BrN2O. The van der Waals surface area contributed by atoms with Gasteiger partial charge in [0.05, 0.1) is 11.6 Å². The van der Waals surface area contributed by atoms with Crippen molar-refractivity contribution in [3.63, 3.8) is 0 Å². The second-order valence-corrected chi connectivity index (χ2v) is 5.67. The molecule has 0 saturated carbocycles. The molecule has 4 heteroatoms. The summed E-state index contributed by atoms with van der Waals surface area (Å²) in [5.74, 6) is 0. The highest BCUT2D eigenvalue weighted by atomic mass is 79.9. The average molecular weight is 299 g/mol. The van der Waals surface area contributed by atoms with E-state index in [1.54, 1.807) is 0 Å². The quantitative estimate of drug-likeness (QED) is 0.902. The lowest BCUT2D eigenvalue weighted by Gasteiger charge is -2.40. The van der Waals surface area contributed by atoms with Crippen LogP contribution in [0.4, 0.5) is 5.69 Å². The summed E-state index contributed by atoms with van der Waals surface area (Å²) in [5.41, 5.74) is 7.04. The van der Waals surface area contributed by atoms with E-state index in [9.17, 15) is 0 Å². The summed E-state index contributed by atoms with van der Waals surface area (Å²) in [6.45, 7) is 3.51. The molecule has 1 aliphatic heterocycles. The first-order valence-corrected chi connectivity index (χ1v) is 6.78. The lowest BCUT2D eigenvalue weighted by Crippen LogP contribution is -2.51. The molecule has 2 atom stereocenters. The fourth-order valence-electron chi connectivity index (χ4n) is 2.39. The van der Waals surface area contributed by atoms with Crippen LogP contribution < -0.4 is 11.1 Å². The van der Waals surface area contributed by atoms with Gasteiger partial charge in [-0.3, -0.25) is 0 Å². The van der Waals surface area contributed by atoms with E-state index in [0.717, 1.165) is 29.6 Å². The molecule has 0 aliphatic carbocycles. The fraction of sp³-hybridized carbons (Fsp3) is 0.538. The zero-order chi connectivity index (χ0) is 12.3. The number of nitrogens with one attached hydrogen (secondary N) is 1. The first kappa shape index (κ1) is 12.9. The Kier molecular flexibility index (Phi) is 4.07. The van der Waals surface area contributed by atoms with Crippen molar-refractivity contribution >= 4 is 21.6 Å². The highest BCUT2D eigenvalue weighted by Gasteiger charge is 2.34. The van der Waals surface area contributed by atoms with E-state index >= 15 is 0 Å². The van der Waals surface area contributed by atoms with Crippen LogP contribution in [0.3, 0.4) is 0 Å². The third kappa shape index (κ3) is 3.21. The highest BCUT2D eigenvalue weighted by Crippen LogP contribution is 2.29. The first-order valence-electron chi connectivity index (χ1n) is 5.99. The van der Waals surface area contributed by atoms with Crippen molar-refractivity contribution in [2.75, 3.05) is 18.5 Å². The minimum absolute atomic E-state index is 0.0293. The summed E-state index contributed by atoms with van der Waals surface area (Å²) >= 11 is 3.48. The van der Waals surface area contributed by atoms with Crippen LogP contribution in [-0.4, -0.2) is 24.8 Å². The van der Waals surface area contributed by atoms with Crippen molar-refractivity contribution in [1.82, 2.24) is 0 Å². The predicted molar refractivity (Wildman–Crippen MR) is 74.2 cm³/mol. The van der Waals surface area contributed by atoms with Crippen LogP contribution in [0.1, 0.15) is 19.8 Å². The summed E-state index contributed by atoms with van der Waals surface area (Å²) in [6.07, 6.45) is 2.18. The van der Waals surface area contributed by atoms with Gasteiger partial charge in [0.2, 0.25) is 0 Å². The Balaban J connectivity index is 2.13. The van der Waals surface area contributed by atoms with Gasteiger partial charge in [-0.05, 0) is 38.0 Å². The number of rotatable bonds is 3. The van der Waals surface area contributed by atoms with Crippen LogP contribution in [-0.2, 0) is 4.74 Å². The van der Waals surface area contributed by atoms with E-state index < -0.39 is 0 Å². The number of anilines is 1. The Morgan fingerprint density at radius 1 is 1.59 bits per heavy atom. The van der Waals surface area contributed by atoms with Gasteiger partial charge in [0, 0.05) is 23.3 Å². The fourth-order valence-corrected chi connectivity index (χ4v) is 2.79. The molecule has 2 rings (SSSR count). The topological polar surface area (TPSA) is 47.3 Å². The molecule has 1 aromatic rings. The summed E-state index contributed by atoms with van der Waals surface area (Å²) in [5, 5.41) is 3.58. The summed E-state index contributed by atoms with van der Waals surface area (Å²) in [7, 11) is 0. The Bertz CT molecular complexity index is 385. The van der Waals surface area contributed by atoms with E-state index in [2.05, 4.69) is 40.3 Å². The molecule has 0 bridgehead atoms. The number of hydrogen-bond donors (Lipinski definition) is 2. The normalized spacial score (nSPS) is 29.0. The SMILES string of the molecule is CC1CC(CN)(Nc2cccc(Br)c2)CCO1. The van der Waals surface area contributed by atoms with Gasteiger partial charge in [0.25, 0.3) is 0 Å². The molecule has 0 aromatic heterocycles. The molecule has 17 heavy (non-hydrogen) atoms. The van der Waals surface area contributed by atoms with Crippen molar-refractivity contribution in [3.05, 3.63) is 28.7 Å². The molecule has 3 nitrogen and oxygen atoms in total. The minimum Gasteiger partial charge on any atom is -0.378 e. The van der Waals surface area contributed by atoms with Crippen LogP contribution in [0.25, 0.3) is 0 Å². The zero-order valence-corrected chi connectivity index (χ0v) is 11.7. The second-order valence-electron chi connectivity index (χ2n) is 4.76. The Morgan fingerprint density at radius 3 is 3.06 bits per heavy atom. The minimum atomic E-state index is -0.0293. The summed E-state index contributed by atoms with van der Waals surface area (Å²) < 4.78 is 6.67. The molecule has 1 saturated heterocycles. The predicted octanol–water partition coefficient (Wildman–Crippen LogP) is 2.76. The lowest BCUT2D eigenvalue weighted by atomic mass is 9.86. The standard InChI is InChI=1S/C13H19BrN2O/c1-10-8-13(9-15,5-6-17-10)16-12-4-2-3-11(14)7-12/h2-4,7,10,16H,5-6,8-9,15H2,1H3. The van der Waals surface area contributed by atoms with Crippen LogP contribution in [0.2, 0.25) is 0 Å². The van der Waals surface area contributed by atoms with Crippen molar-refractivity contribution in [1.29, 1.82) is 0 Å². The van der Waals surface area contributed by atoms with Crippen LogP contribution in [0.5, 0.6) is 0 Å². The molecule has 1 aromatic carbocycles. The average Bonchev–Trinajstić information content (AvgIpc) is 2.29. The number of nitrogens with two attached hydrogens (primary N) is 1. The first-order chi connectivity index (χ1) is 8.13. The van der Waals surface area contributed by atoms with E-state index in [0.29, 0.717) is 6.54 Å². The molecule has 0 radical (unpaired) electrons. The number of ether oxygens (including phenoxy) is 1. The molecular weight excluding hydrogens is 280 g/mol. The summed E-state index contributed by atoms with van der Waals surface area (Å²) in [6, 6.07) is 8.20. The molecule has 3 N–H and O–H groups in total. The third-order valence-electron chi connectivity index (χ3n) is 3.29. The van der Waals surface area contributed by atoms with Crippen LogP contribution >= 0.6 is 15.9 Å². The number of halogens is 1. The number of hydrogen-bond acceptors (Lipinski definition) is 3. The van der Waals surface area contributed by atoms with Gasteiger partial charge in [0.15, 0.2) is 0 Å². The maximum absolute atomic E-state index is 5.96. The Hall–Kier alpha value is -0.580. The third-order valence-corrected chi connectivity index (χ3v) is 3.78. The van der Waals surface area contributed by atoms with Gasteiger partial charge in [-0.15, -0.1) is 0 Å². The second kappa shape index (κ2) is 5.38. The van der Waals surface area contributed by atoms with E-state index in [-0.39, 0.29) is 11.6 Å². The largest absolute Gasteiger partial charge is 0.378 e. The van der Waals surface area contributed by atoms with E-state index in [4.69, 9.17) is 10.5 Å². The molecule has 1 aliphatic rings. The van der Waals surface area contributed by atoms with Gasteiger partial charge in [0.1, 0.15) is 0 Å². The van der Waals surface area contributed by atoms with Gasteiger partial charge < -0.3 is 15.8 Å². The van der Waals surface area contributed by atoms with E-state index in [1.807, 2.05) is 12.1 Å². The molecule has 1 heterocycles. The molecule has 2 unspecified atom stereocenters. The monoisotopic (exact) mass is 298 g/mol. The maximum atomic E-state index is 5.96.